The topological polar surface area (TPSA) is 66.6 Å². The Morgan fingerprint density at radius 2 is 2.16 bits per heavy atom. The molecule has 1 heterocycles. The molecule has 0 bridgehead atoms. The minimum absolute atomic E-state index is 0.156. The van der Waals surface area contributed by atoms with Gasteiger partial charge in [0.25, 0.3) is 5.69 Å². The highest BCUT2D eigenvalue weighted by atomic mass is 19.2. The van der Waals surface area contributed by atoms with Crippen molar-refractivity contribution in [3.8, 4) is 0 Å². The van der Waals surface area contributed by atoms with Gasteiger partial charge in [0.2, 0.25) is 0 Å². The van der Waals surface area contributed by atoms with E-state index in [4.69, 9.17) is 0 Å². The SMILES string of the molecule is CC1CN(c2c([N+](=O)[O-])ccc(F)c2F)CCC1O. The highest BCUT2D eigenvalue weighted by Gasteiger charge is 2.31. The van der Waals surface area contributed by atoms with Gasteiger partial charge in [-0.1, -0.05) is 6.92 Å². The van der Waals surface area contributed by atoms with E-state index in [9.17, 15) is 24.0 Å². The third-order valence-corrected chi connectivity index (χ3v) is 3.42. The molecule has 5 nitrogen and oxygen atoms in total. The Morgan fingerprint density at radius 3 is 2.74 bits per heavy atom. The molecule has 2 atom stereocenters. The van der Waals surface area contributed by atoms with Crippen molar-refractivity contribution in [2.75, 3.05) is 18.0 Å². The molecule has 1 fully saturated rings. The van der Waals surface area contributed by atoms with Crippen LogP contribution in [0.15, 0.2) is 12.1 Å². The van der Waals surface area contributed by atoms with Gasteiger partial charge in [0, 0.05) is 19.2 Å². The fourth-order valence-corrected chi connectivity index (χ4v) is 2.31. The van der Waals surface area contributed by atoms with Gasteiger partial charge in [-0.3, -0.25) is 10.1 Å². The van der Waals surface area contributed by atoms with E-state index in [1.165, 1.54) is 4.90 Å². The van der Waals surface area contributed by atoms with Gasteiger partial charge in [-0.15, -0.1) is 0 Å². The number of rotatable bonds is 2. The zero-order valence-electron chi connectivity index (χ0n) is 10.3. The summed E-state index contributed by atoms with van der Waals surface area (Å²) in [5.41, 5.74) is -0.786. The van der Waals surface area contributed by atoms with Gasteiger partial charge in [0.1, 0.15) is 0 Å². The number of piperidine rings is 1. The average Bonchev–Trinajstić information content (AvgIpc) is 2.35. The second kappa shape index (κ2) is 5.08. The second-order valence-electron chi connectivity index (χ2n) is 4.77. The first-order chi connectivity index (χ1) is 8.91. The summed E-state index contributed by atoms with van der Waals surface area (Å²) in [7, 11) is 0. The quantitative estimate of drug-likeness (QED) is 0.661. The number of nitro benzene ring substituents is 1. The van der Waals surface area contributed by atoms with Crippen molar-refractivity contribution in [2.24, 2.45) is 5.92 Å². The van der Waals surface area contributed by atoms with Gasteiger partial charge in [-0.05, 0) is 18.4 Å². The van der Waals surface area contributed by atoms with E-state index >= 15 is 0 Å². The summed E-state index contributed by atoms with van der Waals surface area (Å²) in [4.78, 5) is 11.6. The summed E-state index contributed by atoms with van der Waals surface area (Å²) in [6, 6.07) is 1.71. The van der Waals surface area contributed by atoms with Crippen LogP contribution in [0.1, 0.15) is 13.3 Å². The molecule has 0 radical (unpaired) electrons. The van der Waals surface area contributed by atoms with Crippen molar-refractivity contribution in [1.82, 2.24) is 0 Å². The highest BCUT2D eigenvalue weighted by molar-refractivity contribution is 5.64. The minimum atomic E-state index is -1.21. The molecule has 7 heteroatoms. The molecule has 2 unspecified atom stereocenters. The zero-order valence-corrected chi connectivity index (χ0v) is 10.3. The van der Waals surface area contributed by atoms with Gasteiger partial charge in [0.05, 0.1) is 11.0 Å². The number of hydrogen-bond donors (Lipinski definition) is 1. The van der Waals surface area contributed by atoms with Crippen LogP contribution in [-0.2, 0) is 0 Å². The van der Waals surface area contributed by atoms with Crippen LogP contribution in [0.4, 0.5) is 20.2 Å². The van der Waals surface area contributed by atoms with E-state index in [0.29, 0.717) is 6.42 Å². The predicted molar refractivity (Wildman–Crippen MR) is 65.0 cm³/mol. The van der Waals surface area contributed by atoms with E-state index in [1.54, 1.807) is 6.92 Å². The van der Waals surface area contributed by atoms with Crippen LogP contribution in [0.2, 0.25) is 0 Å². The molecule has 0 amide bonds. The lowest BCUT2D eigenvalue weighted by Crippen LogP contribution is -2.42. The predicted octanol–water partition coefficient (Wildman–Crippen LogP) is 2.08. The summed E-state index contributed by atoms with van der Waals surface area (Å²) in [5.74, 6) is -2.48. The molecule has 1 aromatic carbocycles. The molecule has 1 N–H and O–H groups in total. The molecular formula is C12H14F2N2O3. The normalized spacial score (nSPS) is 23.5. The first-order valence-electron chi connectivity index (χ1n) is 5.97. The highest BCUT2D eigenvalue weighted by Crippen LogP contribution is 2.35. The number of aliphatic hydroxyl groups excluding tert-OH is 1. The maximum absolute atomic E-state index is 13.8. The Kier molecular flexibility index (Phi) is 3.66. The molecule has 0 aromatic heterocycles. The number of hydrogen-bond acceptors (Lipinski definition) is 4. The maximum Gasteiger partial charge on any atom is 0.295 e. The van der Waals surface area contributed by atoms with E-state index in [2.05, 4.69) is 0 Å². The second-order valence-corrected chi connectivity index (χ2v) is 4.77. The van der Waals surface area contributed by atoms with Gasteiger partial charge in [-0.2, -0.15) is 0 Å². The van der Waals surface area contributed by atoms with E-state index in [0.717, 1.165) is 12.1 Å². The molecule has 0 spiro atoms. The Morgan fingerprint density at radius 1 is 1.47 bits per heavy atom. The number of anilines is 1. The molecule has 0 aliphatic carbocycles. The van der Waals surface area contributed by atoms with Gasteiger partial charge >= 0.3 is 0 Å². The minimum Gasteiger partial charge on any atom is -0.393 e. The Bertz CT molecular complexity index is 510. The van der Waals surface area contributed by atoms with Crippen molar-refractivity contribution in [3.05, 3.63) is 33.9 Å². The largest absolute Gasteiger partial charge is 0.393 e. The first-order valence-corrected chi connectivity index (χ1v) is 5.97. The number of benzene rings is 1. The van der Waals surface area contributed by atoms with Crippen molar-refractivity contribution in [3.63, 3.8) is 0 Å². The number of nitro groups is 1. The average molecular weight is 272 g/mol. The first kappa shape index (κ1) is 13.7. The monoisotopic (exact) mass is 272 g/mol. The summed E-state index contributed by atoms with van der Waals surface area (Å²) in [6.45, 7) is 2.27. The molecule has 1 aliphatic heterocycles. The Hall–Kier alpha value is -1.76. The molecule has 0 saturated carbocycles. The number of halogens is 2. The Balaban J connectivity index is 2.43. The van der Waals surface area contributed by atoms with Gasteiger partial charge in [0.15, 0.2) is 17.3 Å². The van der Waals surface area contributed by atoms with Crippen LogP contribution in [0.5, 0.6) is 0 Å². The molecule has 2 rings (SSSR count). The van der Waals surface area contributed by atoms with Crippen LogP contribution in [0.3, 0.4) is 0 Å². The summed E-state index contributed by atoms with van der Waals surface area (Å²) >= 11 is 0. The molecular weight excluding hydrogens is 258 g/mol. The van der Waals surface area contributed by atoms with Crippen LogP contribution < -0.4 is 4.90 Å². The molecule has 19 heavy (non-hydrogen) atoms. The smallest absolute Gasteiger partial charge is 0.295 e. The lowest BCUT2D eigenvalue weighted by molar-refractivity contribution is -0.384. The Labute approximate surface area is 108 Å². The number of aliphatic hydroxyl groups is 1. The van der Waals surface area contributed by atoms with Crippen molar-refractivity contribution < 1.29 is 18.8 Å². The summed E-state index contributed by atoms with van der Waals surface area (Å²) < 4.78 is 27.1. The van der Waals surface area contributed by atoms with Gasteiger partial charge in [-0.25, -0.2) is 8.78 Å². The van der Waals surface area contributed by atoms with E-state index in [1.807, 2.05) is 0 Å². The molecule has 1 saturated heterocycles. The van der Waals surface area contributed by atoms with E-state index < -0.39 is 28.3 Å². The third-order valence-electron chi connectivity index (χ3n) is 3.42. The fraction of sp³-hybridized carbons (Fsp3) is 0.500. The van der Waals surface area contributed by atoms with Crippen LogP contribution in [0, 0.1) is 27.7 Å². The number of nitrogens with zero attached hydrogens (tertiary/aromatic N) is 2. The maximum atomic E-state index is 13.8. The van der Waals surface area contributed by atoms with E-state index in [-0.39, 0.29) is 24.7 Å². The van der Waals surface area contributed by atoms with Crippen molar-refractivity contribution in [1.29, 1.82) is 0 Å². The van der Waals surface area contributed by atoms with Crippen LogP contribution >= 0.6 is 0 Å². The summed E-state index contributed by atoms with van der Waals surface area (Å²) in [5, 5.41) is 20.5. The molecule has 104 valence electrons. The molecule has 1 aliphatic rings. The zero-order chi connectivity index (χ0) is 14.2. The fourth-order valence-electron chi connectivity index (χ4n) is 2.31. The standard InChI is InChI=1S/C12H14F2N2O3/c1-7-6-15(5-4-10(7)17)12-9(16(18)19)3-2-8(13)11(12)14/h2-3,7,10,17H,4-6H2,1H3. The van der Waals surface area contributed by atoms with Crippen molar-refractivity contribution >= 4 is 11.4 Å². The van der Waals surface area contributed by atoms with Crippen molar-refractivity contribution in [2.45, 2.75) is 19.4 Å². The lowest BCUT2D eigenvalue weighted by Gasteiger charge is -2.35. The van der Waals surface area contributed by atoms with Crippen LogP contribution in [-0.4, -0.2) is 29.2 Å². The third kappa shape index (κ3) is 2.51. The van der Waals surface area contributed by atoms with Crippen LogP contribution in [0.25, 0.3) is 0 Å². The summed E-state index contributed by atoms with van der Waals surface area (Å²) in [6.07, 6.45) is -0.152. The van der Waals surface area contributed by atoms with Gasteiger partial charge < -0.3 is 10.0 Å². The lowest BCUT2D eigenvalue weighted by atomic mass is 9.96. The molecule has 1 aromatic rings.